The van der Waals surface area contributed by atoms with Crippen molar-refractivity contribution >= 4 is 11.6 Å². The van der Waals surface area contributed by atoms with Crippen LogP contribution in [-0.4, -0.2) is 4.98 Å². The molecule has 0 aliphatic rings. The van der Waals surface area contributed by atoms with Gasteiger partial charge in [-0.3, -0.25) is 0 Å². The van der Waals surface area contributed by atoms with Crippen LogP contribution in [0.25, 0.3) is 11.5 Å². The number of aryl methyl sites for hydroxylation is 1. The van der Waals surface area contributed by atoms with Gasteiger partial charge in [0.05, 0.1) is 16.8 Å². The predicted molar refractivity (Wildman–Crippen MR) is 51.6 cm³/mol. The second-order valence-corrected chi connectivity index (χ2v) is 3.31. The van der Waals surface area contributed by atoms with Gasteiger partial charge in [-0.15, -0.1) is 0 Å². The molecule has 0 atom stereocenters. The lowest BCUT2D eigenvalue weighted by atomic mass is 10.2. The zero-order valence-electron chi connectivity index (χ0n) is 7.42. The van der Waals surface area contributed by atoms with E-state index in [4.69, 9.17) is 16.0 Å². The largest absolute Gasteiger partial charge is 0.441 e. The summed E-state index contributed by atoms with van der Waals surface area (Å²) in [6, 6.07) is 4.07. The number of benzene rings is 1. The average Bonchev–Trinajstić information content (AvgIpc) is 2.56. The minimum Gasteiger partial charge on any atom is -0.441 e. The molecule has 0 saturated carbocycles. The van der Waals surface area contributed by atoms with Crippen LogP contribution in [0.4, 0.5) is 4.39 Å². The van der Waals surface area contributed by atoms with Gasteiger partial charge in [0.2, 0.25) is 5.89 Å². The SMILES string of the molecule is Cc1cnc(-c2cc(F)ccc2Cl)o1. The Morgan fingerprint density at radius 1 is 1.43 bits per heavy atom. The van der Waals surface area contributed by atoms with Crippen LogP contribution in [0.5, 0.6) is 0 Å². The minimum atomic E-state index is -0.361. The molecule has 2 rings (SSSR count). The Bertz CT molecular complexity index is 467. The molecular formula is C10H7ClFNO. The van der Waals surface area contributed by atoms with Gasteiger partial charge in [-0.2, -0.15) is 0 Å². The van der Waals surface area contributed by atoms with Crippen molar-refractivity contribution in [3.05, 3.63) is 41.0 Å². The van der Waals surface area contributed by atoms with Gasteiger partial charge in [0.1, 0.15) is 11.6 Å². The van der Waals surface area contributed by atoms with Crippen LogP contribution in [0.2, 0.25) is 5.02 Å². The molecule has 0 spiro atoms. The topological polar surface area (TPSA) is 26.0 Å². The first-order valence-electron chi connectivity index (χ1n) is 4.04. The standard InChI is InChI=1S/C10H7ClFNO/c1-6-5-13-10(14-6)8-4-7(12)2-3-9(8)11/h2-5H,1H3. The van der Waals surface area contributed by atoms with E-state index in [1.807, 2.05) is 0 Å². The fourth-order valence-corrected chi connectivity index (χ4v) is 1.34. The molecule has 0 radical (unpaired) electrons. The highest BCUT2D eigenvalue weighted by Gasteiger charge is 2.09. The summed E-state index contributed by atoms with van der Waals surface area (Å²) >= 11 is 5.87. The van der Waals surface area contributed by atoms with Crippen molar-refractivity contribution < 1.29 is 8.81 Å². The van der Waals surface area contributed by atoms with Crippen molar-refractivity contribution in [2.75, 3.05) is 0 Å². The molecule has 0 N–H and O–H groups in total. The summed E-state index contributed by atoms with van der Waals surface area (Å²) in [4.78, 5) is 3.97. The number of nitrogens with zero attached hydrogens (tertiary/aromatic N) is 1. The third kappa shape index (κ3) is 1.63. The van der Waals surface area contributed by atoms with Crippen molar-refractivity contribution in [2.45, 2.75) is 6.92 Å². The zero-order chi connectivity index (χ0) is 10.1. The maximum atomic E-state index is 12.9. The van der Waals surface area contributed by atoms with Gasteiger partial charge in [-0.1, -0.05) is 11.6 Å². The normalized spacial score (nSPS) is 10.5. The molecule has 1 heterocycles. The molecule has 4 heteroatoms. The van der Waals surface area contributed by atoms with Crippen LogP contribution in [-0.2, 0) is 0 Å². The van der Waals surface area contributed by atoms with Crippen LogP contribution >= 0.6 is 11.6 Å². The van der Waals surface area contributed by atoms with Gasteiger partial charge in [0.25, 0.3) is 0 Å². The lowest BCUT2D eigenvalue weighted by Gasteiger charge is -1.98. The highest BCUT2D eigenvalue weighted by molar-refractivity contribution is 6.33. The quantitative estimate of drug-likeness (QED) is 0.722. The Morgan fingerprint density at radius 2 is 2.21 bits per heavy atom. The Balaban J connectivity index is 2.55. The molecule has 0 aliphatic carbocycles. The summed E-state index contributed by atoms with van der Waals surface area (Å²) in [5, 5.41) is 0.424. The lowest BCUT2D eigenvalue weighted by Crippen LogP contribution is -1.81. The number of hydrogen-bond donors (Lipinski definition) is 0. The van der Waals surface area contributed by atoms with E-state index in [-0.39, 0.29) is 5.82 Å². The van der Waals surface area contributed by atoms with Gasteiger partial charge in [-0.25, -0.2) is 9.37 Å². The van der Waals surface area contributed by atoms with E-state index in [1.165, 1.54) is 18.2 Å². The molecule has 2 nitrogen and oxygen atoms in total. The van der Waals surface area contributed by atoms with E-state index in [0.717, 1.165) is 0 Å². The van der Waals surface area contributed by atoms with Gasteiger partial charge < -0.3 is 4.42 Å². The first-order chi connectivity index (χ1) is 6.66. The van der Waals surface area contributed by atoms with Crippen molar-refractivity contribution in [1.82, 2.24) is 4.98 Å². The molecule has 0 unspecified atom stereocenters. The summed E-state index contributed by atoms with van der Waals surface area (Å²) in [6.07, 6.45) is 1.57. The summed E-state index contributed by atoms with van der Waals surface area (Å²) in [5.74, 6) is 0.646. The fraction of sp³-hybridized carbons (Fsp3) is 0.100. The summed E-state index contributed by atoms with van der Waals surface area (Å²) in [7, 11) is 0. The minimum absolute atomic E-state index is 0.340. The molecule has 1 aromatic heterocycles. The molecule has 0 saturated heterocycles. The number of oxazole rings is 1. The van der Waals surface area contributed by atoms with E-state index in [2.05, 4.69) is 4.98 Å². The van der Waals surface area contributed by atoms with Gasteiger partial charge in [0, 0.05) is 0 Å². The molecule has 72 valence electrons. The lowest BCUT2D eigenvalue weighted by molar-refractivity contribution is 0.541. The molecule has 0 bridgehead atoms. The molecule has 14 heavy (non-hydrogen) atoms. The summed E-state index contributed by atoms with van der Waals surface area (Å²) < 4.78 is 18.2. The average molecular weight is 212 g/mol. The third-order valence-electron chi connectivity index (χ3n) is 1.78. The first-order valence-corrected chi connectivity index (χ1v) is 4.42. The van der Waals surface area contributed by atoms with E-state index in [9.17, 15) is 4.39 Å². The molecule has 1 aromatic carbocycles. The highest BCUT2D eigenvalue weighted by atomic mass is 35.5. The fourth-order valence-electron chi connectivity index (χ4n) is 1.14. The van der Waals surface area contributed by atoms with E-state index >= 15 is 0 Å². The monoisotopic (exact) mass is 211 g/mol. The molecular weight excluding hydrogens is 205 g/mol. The zero-order valence-corrected chi connectivity index (χ0v) is 8.18. The van der Waals surface area contributed by atoms with Crippen LogP contribution in [0.3, 0.4) is 0 Å². The predicted octanol–water partition coefficient (Wildman–Crippen LogP) is 3.44. The highest BCUT2D eigenvalue weighted by Crippen LogP contribution is 2.27. The second-order valence-electron chi connectivity index (χ2n) is 2.90. The maximum Gasteiger partial charge on any atom is 0.227 e. The van der Waals surface area contributed by atoms with E-state index < -0.39 is 0 Å². The van der Waals surface area contributed by atoms with Crippen LogP contribution < -0.4 is 0 Å². The van der Waals surface area contributed by atoms with Crippen LogP contribution in [0.15, 0.2) is 28.8 Å². The third-order valence-corrected chi connectivity index (χ3v) is 2.11. The number of hydrogen-bond acceptors (Lipinski definition) is 2. The van der Waals surface area contributed by atoms with Crippen molar-refractivity contribution in [1.29, 1.82) is 0 Å². The van der Waals surface area contributed by atoms with Gasteiger partial charge in [0.15, 0.2) is 0 Å². The Kier molecular flexibility index (Phi) is 2.25. The van der Waals surface area contributed by atoms with E-state index in [1.54, 1.807) is 13.1 Å². The van der Waals surface area contributed by atoms with Crippen molar-refractivity contribution in [2.24, 2.45) is 0 Å². The first kappa shape index (κ1) is 9.21. The number of aromatic nitrogens is 1. The molecule has 0 aliphatic heterocycles. The van der Waals surface area contributed by atoms with Crippen LogP contribution in [0.1, 0.15) is 5.76 Å². The Hall–Kier alpha value is -1.35. The molecule has 0 fully saturated rings. The molecule has 2 aromatic rings. The number of rotatable bonds is 1. The second kappa shape index (κ2) is 3.42. The van der Waals surface area contributed by atoms with Gasteiger partial charge in [-0.05, 0) is 25.1 Å². The van der Waals surface area contributed by atoms with E-state index in [0.29, 0.717) is 22.2 Å². The van der Waals surface area contributed by atoms with Crippen LogP contribution in [0, 0.1) is 12.7 Å². The molecule has 0 amide bonds. The van der Waals surface area contributed by atoms with Gasteiger partial charge >= 0.3 is 0 Å². The maximum absolute atomic E-state index is 12.9. The number of halogens is 2. The van der Waals surface area contributed by atoms with Crippen molar-refractivity contribution in [3.8, 4) is 11.5 Å². The van der Waals surface area contributed by atoms with Crippen molar-refractivity contribution in [3.63, 3.8) is 0 Å². The summed E-state index contributed by atoms with van der Waals surface area (Å²) in [5.41, 5.74) is 0.472. The summed E-state index contributed by atoms with van der Waals surface area (Å²) in [6.45, 7) is 1.77. The Labute approximate surface area is 85.3 Å². The Morgan fingerprint density at radius 3 is 2.86 bits per heavy atom. The smallest absolute Gasteiger partial charge is 0.227 e.